The molecule has 6 heteroatoms. The van der Waals surface area contributed by atoms with E-state index in [2.05, 4.69) is 14.6 Å². The van der Waals surface area contributed by atoms with E-state index in [0.717, 1.165) is 42.9 Å². The molecule has 0 saturated carbocycles. The van der Waals surface area contributed by atoms with Crippen LogP contribution in [0.4, 0.5) is 0 Å². The summed E-state index contributed by atoms with van der Waals surface area (Å²) in [6.45, 7) is 5.34. The minimum absolute atomic E-state index is 0.424. The number of hydrogen-bond donors (Lipinski definition) is 1. The van der Waals surface area contributed by atoms with Gasteiger partial charge in [-0.25, -0.2) is 4.79 Å². The molecule has 112 valence electrons. The number of carbonyl (C=O) groups is 1. The quantitative estimate of drug-likeness (QED) is 0.427. The van der Waals surface area contributed by atoms with Crippen LogP contribution < -0.4 is 0 Å². The molecule has 0 atom stereocenters. The van der Waals surface area contributed by atoms with Crippen molar-refractivity contribution in [3.8, 4) is 0 Å². The number of nitrogens with zero attached hydrogens (tertiary/aromatic N) is 2. The standard InChI is InChI=1S/C14H22N2O4/c1-11-8-13(9-15-20-10-14(17)18)12(2)16(11)6-4-5-7-19-3/h8-9H,4-7,10H2,1-3H3,(H,17,18)/b15-9-. The van der Waals surface area contributed by atoms with Crippen molar-refractivity contribution in [3.63, 3.8) is 0 Å². The average molecular weight is 282 g/mol. The number of aliphatic carboxylic acids is 1. The zero-order valence-corrected chi connectivity index (χ0v) is 12.3. The van der Waals surface area contributed by atoms with E-state index in [9.17, 15) is 4.79 Å². The Morgan fingerprint density at radius 3 is 2.85 bits per heavy atom. The van der Waals surface area contributed by atoms with Crippen LogP contribution in [-0.4, -0.2) is 42.2 Å². The molecule has 0 aliphatic rings. The Morgan fingerprint density at radius 1 is 1.45 bits per heavy atom. The molecular formula is C14H22N2O4. The first kappa shape index (κ1) is 16.2. The summed E-state index contributed by atoms with van der Waals surface area (Å²) in [5.74, 6) is -1.04. The lowest BCUT2D eigenvalue weighted by atomic mass is 10.2. The van der Waals surface area contributed by atoms with E-state index in [4.69, 9.17) is 9.84 Å². The van der Waals surface area contributed by atoms with Gasteiger partial charge >= 0.3 is 5.97 Å². The van der Waals surface area contributed by atoms with Crippen LogP contribution in [0.15, 0.2) is 11.2 Å². The molecular weight excluding hydrogens is 260 g/mol. The van der Waals surface area contributed by atoms with Gasteiger partial charge < -0.3 is 19.2 Å². The number of carboxylic acids is 1. The summed E-state index contributed by atoms with van der Waals surface area (Å²) in [5, 5.41) is 12.1. The Kier molecular flexibility index (Phi) is 6.79. The number of hydrogen-bond acceptors (Lipinski definition) is 4. The minimum atomic E-state index is -1.04. The Morgan fingerprint density at radius 2 is 2.20 bits per heavy atom. The zero-order valence-electron chi connectivity index (χ0n) is 12.3. The number of aryl methyl sites for hydroxylation is 1. The van der Waals surface area contributed by atoms with Crippen LogP contribution in [0.25, 0.3) is 0 Å². The number of aromatic nitrogens is 1. The molecule has 0 saturated heterocycles. The fraction of sp³-hybridized carbons (Fsp3) is 0.571. The molecule has 1 N–H and O–H groups in total. The van der Waals surface area contributed by atoms with Crippen molar-refractivity contribution < 1.29 is 19.5 Å². The van der Waals surface area contributed by atoms with Crippen molar-refractivity contribution in [2.75, 3.05) is 20.3 Å². The molecule has 0 bridgehead atoms. The van der Waals surface area contributed by atoms with Crippen molar-refractivity contribution >= 4 is 12.2 Å². The van der Waals surface area contributed by atoms with Crippen LogP contribution in [-0.2, 0) is 20.9 Å². The fourth-order valence-corrected chi connectivity index (χ4v) is 2.01. The van der Waals surface area contributed by atoms with Crippen LogP contribution >= 0.6 is 0 Å². The number of ether oxygens (including phenoxy) is 1. The molecule has 0 aromatic carbocycles. The lowest BCUT2D eigenvalue weighted by Gasteiger charge is -2.09. The highest BCUT2D eigenvalue weighted by molar-refractivity contribution is 5.81. The van der Waals surface area contributed by atoms with Crippen molar-refractivity contribution in [2.24, 2.45) is 5.16 Å². The minimum Gasteiger partial charge on any atom is -0.479 e. The molecule has 1 aromatic rings. The maximum absolute atomic E-state index is 10.3. The van der Waals surface area contributed by atoms with Crippen LogP contribution in [0.3, 0.4) is 0 Å². The third kappa shape index (κ3) is 5.05. The second-order valence-electron chi connectivity index (χ2n) is 4.58. The third-order valence-electron chi connectivity index (χ3n) is 3.05. The van der Waals surface area contributed by atoms with Gasteiger partial charge in [0.15, 0.2) is 0 Å². The summed E-state index contributed by atoms with van der Waals surface area (Å²) in [7, 11) is 1.71. The van der Waals surface area contributed by atoms with E-state index < -0.39 is 12.6 Å². The van der Waals surface area contributed by atoms with Gasteiger partial charge in [0.2, 0.25) is 6.61 Å². The van der Waals surface area contributed by atoms with E-state index in [0.29, 0.717) is 0 Å². The highest BCUT2D eigenvalue weighted by Gasteiger charge is 2.07. The molecule has 0 amide bonds. The molecule has 1 rings (SSSR count). The average Bonchev–Trinajstić information content (AvgIpc) is 2.66. The SMILES string of the molecule is COCCCCn1c(C)cc(/C=N\OCC(=O)O)c1C. The summed E-state index contributed by atoms with van der Waals surface area (Å²) in [4.78, 5) is 15.0. The van der Waals surface area contributed by atoms with E-state index in [1.165, 1.54) is 0 Å². The number of oxime groups is 1. The van der Waals surface area contributed by atoms with Gasteiger partial charge in [0.05, 0.1) is 6.21 Å². The summed E-state index contributed by atoms with van der Waals surface area (Å²) < 4.78 is 7.25. The predicted molar refractivity (Wildman–Crippen MR) is 76.2 cm³/mol. The number of rotatable bonds is 9. The molecule has 1 heterocycles. The van der Waals surface area contributed by atoms with Crippen molar-refractivity contribution in [1.29, 1.82) is 0 Å². The third-order valence-corrected chi connectivity index (χ3v) is 3.05. The van der Waals surface area contributed by atoms with Crippen molar-refractivity contribution in [2.45, 2.75) is 33.2 Å². The van der Waals surface area contributed by atoms with Gasteiger partial charge in [-0.05, 0) is 32.8 Å². The van der Waals surface area contributed by atoms with E-state index in [-0.39, 0.29) is 0 Å². The summed E-state index contributed by atoms with van der Waals surface area (Å²) in [6, 6.07) is 2.01. The van der Waals surface area contributed by atoms with Crippen molar-refractivity contribution in [3.05, 3.63) is 23.0 Å². The van der Waals surface area contributed by atoms with E-state index >= 15 is 0 Å². The van der Waals surface area contributed by atoms with Crippen LogP contribution in [0.2, 0.25) is 0 Å². The molecule has 0 unspecified atom stereocenters. The Hall–Kier alpha value is -1.82. The van der Waals surface area contributed by atoms with E-state index in [1.54, 1.807) is 13.3 Å². The maximum atomic E-state index is 10.3. The lowest BCUT2D eigenvalue weighted by molar-refractivity contribution is -0.142. The molecule has 20 heavy (non-hydrogen) atoms. The largest absolute Gasteiger partial charge is 0.479 e. The summed E-state index contributed by atoms with van der Waals surface area (Å²) in [5.41, 5.74) is 3.20. The molecule has 0 aliphatic carbocycles. The zero-order chi connectivity index (χ0) is 15.0. The van der Waals surface area contributed by atoms with Crippen LogP contribution in [0.5, 0.6) is 0 Å². The lowest BCUT2D eigenvalue weighted by Crippen LogP contribution is -2.04. The maximum Gasteiger partial charge on any atom is 0.344 e. The Balaban J connectivity index is 2.59. The highest BCUT2D eigenvalue weighted by atomic mass is 16.6. The first-order valence-corrected chi connectivity index (χ1v) is 6.59. The normalized spacial score (nSPS) is 11.2. The van der Waals surface area contributed by atoms with Crippen molar-refractivity contribution in [1.82, 2.24) is 4.57 Å². The predicted octanol–water partition coefficient (Wildman–Crippen LogP) is 1.97. The monoisotopic (exact) mass is 282 g/mol. The van der Waals surface area contributed by atoms with Crippen LogP contribution in [0.1, 0.15) is 29.8 Å². The van der Waals surface area contributed by atoms with Gasteiger partial charge in [-0.3, -0.25) is 0 Å². The first-order valence-electron chi connectivity index (χ1n) is 6.59. The molecule has 6 nitrogen and oxygen atoms in total. The van der Waals surface area contributed by atoms with Gasteiger partial charge in [-0.15, -0.1) is 0 Å². The van der Waals surface area contributed by atoms with Crippen LogP contribution in [0, 0.1) is 13.8 Å². The highest BCUT2D eigenvalue weighted by Crippen LogP contribution is 2.14. The number of unbranched alkanes of at least 4 members (excludes halogenated alkanes) is 1. The smallest absolute Gasteiger partial charge is 0.344 e. The second kappa shape index (κ2) is 8.37. The molecule has 1 aromatic heterocycles. The van der Waals surface area contributed by atoms with Gasteiger partial charge in [0.25, 0.3) is 0 Å². The first-order chi connectivity index (χ1) is 9.56. The number of methoxy groups -OCH3 is 1. The summed E-state index contributed by atoms with van der Waals surface area (Å²) in [6.07, 6.45) is 3.63. The Labute approximate surface area is 119 Å². The number of carboxylic acid groups (broad SMARTS) is 1. The molecule has 0 radical (unpaired) electrons. The molecule has 0 spiro atoms. The van der Waals surface area contributed by atoms with Gasteiger partial charge in [-0.2, -0.15) is 0 Å². The van der Waals surface area contributed by atoms with Gasteiger partial charge in [0.1, 0.15) is 0 Å². The van der Waals surface area contributed by atoms with Gasteiger partial charge in [0, 0.05) is 37.2 Å². The molecule has 0 aliphatic heterocycles. The Bertz CT molecular complexity index is 466. The molecule has 0 fully saturated rings. The fourth-order valence-electron chi connectivity index (χ4n) is 2.01. The van der Waals surface area contributed by atoms with E-state index in [1.807, 2.05) is 19.9 Å². The summed E-state index contributed by atoms with van der Waals surface area (Å²) >= 11 is 0. The van der Waals surface area contributed by atoms with Gasteiger partial charge in [-0.1, -0.05) is 5.16 Å². The second-order valence-corrected chi connectivity index (χ2v) is 4.58. The topological polar surface area (TPSA) is 73.0 Å².